The van der Waals surface area contributed by atoms with Crippen LogP contribution in [0.15, 0.2) is 54.9 Å². The Hall–Kier alpha value is -3.14. The fourth-order valence-corrected chi connectivity index (χ4v) is 2.81. The Morgan fingerprint density at radius 3 is 2.31 bits per heavy atom. The van der Waals surface area contributed by atoms with Gasteiger partial charge in [-0.05, 0) is 62.6 Å². The van der Waals surface area contributed by atoms with Crippen molar-refractivity contribution < 1.29 is 4.79 Å². The van der Waals surface area contributed by atoms with Gasteiger partial charge in [-0.15, -0.1) is 0 Å². The summed E-state index contributed by atoms with van der Waals surface area (Å²) in [5.74, 6) is -0.171. The lowest BCUT2D eigenvalue weighted by atomic mass is 10.1. The zero-order valence-corrected chi connectivity index (χ0v) is 15.6. The van der Waals surface area contributed by atoms with E-state index in [-0.39, 0.29) is 5.91 Å². The molecule has 2 N–H and O–H groups in total. The van der Waals surface area contributed by atoms with E-state index in [1.807, 2.05) is 44.2 Å². The summed E-state index contributed by atoms with van der Waals surface area (Å²) < 4.78 is 0. The highest BCUT2D eigenvalue weighted by atomic mass is 16.1. The summed E-state index contributed by atoms with van der Waals surface area (Å²) in [6.45, 7) is 8.10. The zero-order chi connectivity index (χ0) is 18.7. The number of nitrogens with zero attached hydrogens (tertiary/aromatic N) is 1. The van der Waals surface area contributed by atoms with Gasteiger partial charge in [0.15, 0.2) is 0 Å². The van der Waals surface area contributed by atoms with Crippen LogP contribution >= 0.6 is 0 Å². The van der Waals surface area contributed by atoms with Crippen LogP contribution in [-0.4, -0.2) is 10.9 Å². The van der Waals surface area contributed by atoms with Crippen LogP contribution in [0.5, 0.6) is 0 Å². The van der Waals surface area contributed by atoms with Crippen molar-refractivity contribution in [3.63, 3.8) is 0 Å². The van der Waals surface area contributed by atoms with Crippen LogP contribution in [0.2, 0.25) is 0 Å². The molecule has 0 bridgehead atoms. The number of amides is 1. The topological polar surface area (TPSA) is 54.0 Å². The molecule has 0 saturated carbocycles. The standard InChI is InChI=1S/C22H23N3O/c1-14-6-8-20(17(4)9-14)24-19-11-18(12-23-13-19)22(26)25-21-10-15(2)5-7-16(21)3/h5-13,24H,1-4H3,(H,25,26). The fourth-order valence-electron chi connectivity index (χ4n) is 2.81. The largest absolute Gasteiger partial charge is 0.354 e. The summed E-state index contributed by atoms with van der Waals surface area (Å²) in [7, 11) is 0. The molecule has 0 aliphatic carbocycles. The maximum absolute atomic E-state index is 12.6. The summed E-state index contributed by atoms with van der Waals surface area (Å²) in [5, 5.41) is 6.31. The first kappa shape index (κ1) is 17.7. The summed E-state index contributed by atoms with van der Waals surface area (Å²) in [6.07, 6.45) is 3.29. The molecule has 3 rings (SSSR count). The van der Waals surface area contributed by atoms with Gasteiger partial charge in [0.05, 0.1) is 17.4 Å². The average molecular weight is 345 g/mol. The Labute approximate surface area is 154 Å². The lowest BCUT2D eigenvalue weighted by molar-refractivity contribution is 0.102. The van der Waals surface area contributed by atoms with Crippen molar-refractivity contribution in [3.8, 4) is 0 Å². The summed E-state index contributed by atoms with van der Waals surface area (Å²) >= 11 is 0. The van der Waals surface area contributed by atoms with Gasteiger partial charge in [-0.1, -0.05) is 29.8 Å². The maximum Gasteiger partial charge on any atom is 0.257 e. The highest BCUT2D eigenvalue weighted by Gasteiger charge is 2.10. The van der Waals surface area contributed by atoms with Gasteiger partial charge < -0.3 is 10.6 Å². The molecule has 0 atom stereocenters. The van der Waals surface area contributed by atoms with Crippen LogP contribution in [0.3, 0.4) is 0 Å². The van der Waals surface area contributed by atoms with Crippen LogP contribution in [0.1, 0.15) is 32.6 Å². The Morgan fingerprint density at radius 1 is 0.808 bits per heavy atom. The van der Waals surface area contributed by atoms with E-state index in [1.54, 1.807) is 12.4 Å². The Morgan fingerprint density at radius 2 is 1.54 bits per heavy atom. The molecule has 0 fully saturated rings. The zero-order valence-electron chi connectivity index (χ0n) is 15.6. The highest BCUT2D eigenvalue weighted by molar-refractivity contribution is 6.05. The number of hydrogen-bond acceptors (Lipinski definition) is 3. The van der Waals surface area contributed by atoms with E-state index in [1.165, 1.54) is 5.56 Å². The number of pyridine rings is 1. The number of benzene rings is 2. The molecule has 1 heterocycles. The molecular formula is C22H23N3O. The molecule has 1 aromatic heterocycles. The fraction of sp³-hybridized carbons (Fsp3) is 0.182. The second-order valence-electron chi connectivity index (χ2n) is 6.68. The maximum atomic E-state index is 12.6. The first-order valence-electron chi connectivity index (χ1n) is 8.60. The normalized spacial score (nSPS) is 10.5. The number of aryl methyl sites for hydroxylation is 4. The second kappa shape index (κ2) is 7.40. The smallest absolute Gasteiger partial charge is 0.257 e. The number of carbonyl (C=O) groups excluding carboxylic acids is 1. The SMILES string of the molecule is Cc1ccc(Nc2cncc(C(=O)Nc3cc(C)ccc3C)c2)c(C)c1. The van der Waals surface area contributed by atoms with Crippen LogP contribution < -0.4 is 10.6 Å². The predicted molar refractivity (Wildman–Crippen MR) is 107 cm³/mol. The minimum atomic E-state index is -0.171. The van der Waals surface area contributed by atoms with E-state index in [2.05, 4.69) is 41.6 Å². The predicted octanol–water partition coefficient (Wildman–Crippen LogP) is 5.31. The molecule has 4 heteroatoms. The van der Waals surface area contributed by atoms with Crippen molar-refractivity contribution in [1.82, 2.24) is 4.98 Å². The minimum absolute atomic E-state index is 0.171. The van der Waals surface area contributed by atoms with Crippen molar-refractivity contribution in [1.29, 1.82) is 0 Å². The summed E-state index contributed by atoms with van der Waals surface area (Å²) in [5.41, 5.74) is 7.62. The van der Waals surface area contributed by atoms with Crippen molar-refractivity contribution in [3.05, 3.63) is 82.7 Å². The number of rotatable bonds is 4. The third kappa shape index (κ3) is 4.09. The lowest BCUT2D eigenvalue weighted by Gasteiger charge is -2.12. The monoisotopic (exact) mass is 345 g/mol. The molecule has 26 heavy (non-hydrogen) atoms. The molecule has 132 valence electrons. The Balaban J connectivity index is 1.80. The van der Waals surface area contributed by atoms with Gasteiger partial charge in [-0.25, -0.2) is 0 Å². The van der Waals surface area contributed by atoms with E-state index in [9.17, 15) is 4.79 Å². The Bertz CT molecular complexity index is 963. The van der Waals surface area contributed by atoms with Gasteiger partial charge in [0, 0.05) is 17.6 Å². The minimum Gasteiger partial charge on any atom is -0.354 e. The number of nitrogens with one attached hydrogen (secondary N) is 2. The first-order valence-corrected chi connectivity index (χ1v) is 8.60. The molecule has 1 amide bonds. The number of aromatic nitrogens is 1. The number of anilines is 3. The van der Waals surface area contributed by atoms with Crippen molar-refractivity contribution in [2.24, 2.45) is 0 Å². The molecule has 0 aliphatic heterocycles. The van der Waals surface area contributed by atoms with Gasteiger partial charge in [0.25, 0.3) is 5.91 Å². The molecule has 3 aromatic rings. The van der Waals surface area contributed by atoms with E-state index in [0.29, 0.717) is 5.56 Å². The first-order chi connectivity index (χ1) is 12.4. The second-order valence-corrected chi connectivity index (χ2v) is 6.68. The van der Waals surface area contributed by atoms with Crippen LogP contribution in [0.4, 0.5) is 17.1 Å². The molecule has 0 spiro atoms. The van der Waals surface area contributed by atoms with E-state index < -0.39 is 0 Å². The number of carbonyl (C=O) groups is 1. The van der Waals surface area contributed by atoms with E-state index >= 15 is 0 Å². The lowest BCUT2D eigenvalue weighted by Crippen LogP contribution is -2.13. The number of hydrogen-bond donors (Lipinski definition) is 2. The average Bonchev–Trinajstić information content (AvgIpc) is 2.61. The van der Waals surface area contributed by atoms with Crippen LogP contribution in [0, 0.1) is 27.7 Å². The van der Waals surface area contributed by atoms with Crippen molar-refractivity contribution in [2.75, 3.05) is 10.6 Å². The molecule has 0 radical (unpaired) electrons. The molecule has 0 aliphatic rings. The molecule has 0 unspecified atom stereocenters. The highest BCUT2D eigenvalue weighted by Crippen LogP contribution is 2.22. The molecular weight excluding hydrogens is 322 g/mol. The summed E-state index contributed by atoms with van der Waals surface area (Å²) in [6, 6.07) is 14.0. The van der Waals surface area contributed by atoms with Crippen LogP contribution in [-0.2, 0) is 0 Å². The third-order valence-electron chi connectivity index (χ3n) is 4.30. The third-order valence-corrected chi connectivity index (χ3v) is 4.30. The van der Waals surface area contributed by atoms with Gasteiger partial charge in [0.1, 0.15) is 0 Å². The quantitative estimate of drug-likeness (QED) is 0.673. The summed E-state index contributed by atoms with van der Waals surface area (Å²) in [4.78, 5) is 16.8. The van der Waals surface area contributed by atoms with E-state index in [0.717, 1.165) is 33.8 Å². The van der Waals surface area contributed by atoms with E-state index in [4.69, 9.17) is 0 Å². The molecule has 4 nitrogen and oxygen atoms in total. The van der Waals surface area contributed by atoms with Crippen molar-refractivity contribution >= 4 is 23.0 Å². The van der Waals surface area contributed by atoms with Crippen LogP contribution in [0.25, 0.3) is 0 Å². The van der Waals surface area contributed by atoms with Gasteiger partial charge in [-0.3, -0.25) is 9.78 Å². The van der Waals surface area contributed by atoms with Gasteiger partial charge in [0.2, 0.25) is 0 Å². The molecule has 2 aromatic carbocycles. The van der Waals surface area contributed by atoms with Crippen molar-refractivity contribution in [2.45, 2.75) is 27.7 Å². The van der Waals surface area contributed by atoms with Gasteiger partial charge in [-0.2, -0.15) is 0 Å². The molecule has 0 saturated heterocycles. The Kier molecular flexibility index (Phi) is 5.03. The van der Waals surface area contributed by atoms with Gasteiger partial charge >= 0.3 is 0 Å².